The molecule has 0 bridgehead atoms. The normalized spacial score (nSPS) is 13.8. The zero-order chi connectivity index (χ0) is 9.99. The maximum absolute atomic E-state index is 12.0. The monoisotopic (exact) mass is 209 g/mol. The van der Waals surface area contributed by atoms with E-state index in [1.165, 1.54) is 4.72 Å². The molecule has 3 nitrogen and oxygen atoms in total. The Morgan fingerprint density at radius 2 is 1.83 bits per heavy atom. The molecule has 0 aromatic heterocycles. The van der Waals surface area contributed by atoms with E-state index >= 15 is 0 Å². The summed E-state index contributed by atoms with van der Waals surface area (Å²) in [4.78, 5) is 0. The fourth-order valence-electron chi connectivity index (χ4n) is 0.304. The molecule has 74 valence electrons. The van der Waals surface area contributed by atoms with Crippen LogP contribution in [0.1, 0.15) is 0 Å². The highest BCUT2D eigenvalue weighted by Gasteiger charge is 2.40. The predicted octanol–water partition coefficient (Wildman–Crippen LogP) is 0.436. The minimum absolute atomic E-state index is 0.606. The van der Waals surface area contributed by atoms with Crippen LogP contribution in [0.2, 0.25) is 0 Å². The van der Waals surface area contributed by atoms with E-state index in [0.717, 1.165) is 0 Å². The standard InChI is InChI=1S/C4H7F4NO2S/c1-12(10,11)9-2-4(7,8)3(5)6/h3,9H,2H2,1H3. The van der Waals surface area contributed by atoms with Gasteiger partial charge in [-0.1, -0.05) is 0 Å². The van der Waals surface area contributed by atoms with E-state index in [1.807, 2.05) is 0 Å². The Morgan fingerprint density at radius 3 is 2.08 bits per heavy atom. The van der Waals surface area contributed by atoms with E-state index < -0.39 is 28.9 Å². The van der Waals surface area contributed by atoms with Gasteiger partial charge in [0.1, 0.15) is 0 Å². The van der Waals surface area contributed by atoms with Crippen LogP contribution in [0.5, 0.6) is 0 Å². The second-order valence-electron chi connectivity index (χ2n) is 2.16. The van der Waals surface area contributed by atoms with E-state index in [-0.39, 0.29) is 0 Å². The molecule has 0 saturated heterocycles. The first-order valence-electron chi connectivity index (χ1n) is 2.76. The average molecular weight is 209 g/mol. The molecule has 0 rings (SSSR count). The second kappa shape index (κ2) is 3.56. The van der Waals surface area contributed by atoms with Gasteiger partial charge in [-0.05, 0) is 0 Å². The van der Waals surface area contributed by atoms with Crippen molar-refractivity contribution in [2.45, 2.75) is 12.3 Å². The summed E-state index contributed by atoms with van der Waals surface area (Å²) in [6, 6.07) is 0. The fraction of sp³-hybridized carbons (Fsp3) is 1.00. The maximum atomic E-state index is 12.0. The number of sulfonamides is 1. The van der Waals surface area contributed by atoms with Gasteiger partial charge in [0.25, 0.3) is 0 Å². The summed E-state index contributed by atoms with van der Waals surface area (Å²) in [5.41, 5.74) is 0. The first kappa shape index (κ1) is 11.6. The lowest BCUT2D eigenvalue weighted by atomic mass is 10.4. The second-order valence-corrected chi connectivity index (χ2v) is 3.99. The third-order valence-electron chi connectivity index (χ3n) is 0.889. The molecule has 0 fully saturated rings. The predicted molar refractivity (Wildman–Crippen MR) is 33.8 cm³/mol. The van der Waals surface area contributed by atoms with Crippen LogP contribution in [0.3, 0.4) is 0 Å². The highest BCUT2D eigenvalue weighted by atomic mass is 32.2. The van der Waals surface area contributed by atoms with Gasteiger partial charge < -0.3 is 0 Å². The molecule has 0 aromatic carbocycles. The third kappa shape index (κ3) is 4.50. The van der Waals surface area contributed by atoms with Crippen molar-refractivity contribution in [1.82, 2.24) is 4.72 Å². The lowest BCUT2D eigenvalue weighted by molar-refractivity contribution is -0.122. The van der Waals surface area contributed by atoms with Gasteiger partial charge in [-0.3, -0.25) is 0 Å². The first-order valence-corrected chi connectivity index (χ1v) is 4.65. The Morgan fingerprint density at radius 1 is 1.42 bits per heavy atom. The number of hydrogen-bond acceptors (Lipinski definition) is 2. The summed E-state index contributed by atoms with van der Waals surface area (Å²) < 4.78 is 68.5. The van der Waals surface area contributed by atoms with Crippen LogP contribution in [0.15, 0.2) is 0 Å². The number of hydrogen-bond donors (Lipinski definition) is 1. The van der Waals surface area contributed by atoms with E-state index in [9.17, 15) is 26.0 Å². The van der Waals surface area contributed by atoms with Crippen LogP contribution in [0.4, 0.5) is 17.6 Å². The summed E-state index contributed by atoms with van der Waals surface area (Å²) in [7, 11) is -3.85. The molecule has 0 spiro atoms. The van der Waals surface area contributed by atoms with Gasteiger partial charge in [0.05, 0.1) is 12.8 Å². The average Bonchev–Trinajstić information content (AvgIpc) is 1.82. The third-order valence-corrected chi connectivity index (χ3v) is 1.56. The fourth-order valence-corrected chi connectivity index (χ4v) is 0.759. The summed E-state index contributed by atoms with van der Waals surface area (Å²) in [5.74, 6) is -4.32. The molecule has 0 heterocycles. The van der Waals surface area contributed by atoms with E-state index in [4.69, 9.17) is 0 Å². The topological polar surface area (TPSA) is 46.2 Å². The quantitative estimate of drug-likeness (QED) is 0.683. The molecule has 0 saturated carbocycles. The number of nitrogens with one attached hydrogen (secondary N) is 1. The summed E-state index contributed by atoms with van der Waals surface area (Å²) in [6.45, 7) is -1.58. The van der Waals surface area contributed by atoms with Gasteiger partial charge in [-0.2, -0.15) is 8.78 Å². The van der Waals surface area contributed by atoms with Crippen LogP contribution in [0, 0.1) is 0 Å². The van der Waals surface area contributed by atoms with Crippen molar-refractivity contribution in [3.8, 4) is 0 Å². The molecule has 0 unspecified atom stereocenters. The van der Waals surface area contributed by atoms with Crippen LogP contribution >= 0.6 is 0 Å². The SMILES string of the molecule is CS(=O)(=O)NCC(F)(F)C(F)F. The lowest BCUT2D eigenvalue weighted by Gasteiger charge is -2.14. The highest BCUT2D eigenvalue weighted by molar-refractivity contribution is 7.88. The van der Waals surface area contributed by atoms with Gasteiger partial charge in [-0.25, -0.2) is 21.9 Å². The van der Waals surface area contributed by atoms with Crippen molar-refractivity contribution in [2.75, 3.05) is 12.8 Å². The molecule has 8 heteroatoms. The van der Waals surface area contributed by atoms with Gasteiger partial charge in [0.2, 0.25) is 10.0 Å². The first-order chi connectivity index (χ1) is 5.15. The Kier molecular flexibility index (Phi) is 3.45. The van der Waals surface area contributed by atoms with Crippen molar-refractivity contribution in [1.29, 1.82) is 0 Å². The molecule has 0 radical (unpaired) electrons. The largest absolute Gasteiger partial charge is 0.320 e. The molecule has 0 aliphatic carbocycles. The molecule has 0 aliphatic heterocycles. The molecule has 0 aromatic rings. The summed E-state index contributed by atoms with van der Waals surface area (Å²) >= 11 is 0. The number of rotatable bonds is 4. The maximum Gasteiger partial charge on any atom is 0.320 e. The lowest BCUT2D eigenvalue weighted by Crippen LogP contribution is -2.40. The van der Waals surface area contributed by atoms with Crippen LogP contribution in [0.25, 0.3) is 0 Å². The summed E-state index contributed by atoms with van der Waals surface area (Å²) in [6.07, 6.45) is -3.26. The number of halogens is 4. The van der Waals surface area contributed by atoms with Gasteiger partial charge in [-0.15, -0.1) is 0 Å². The molecule has 12 heavy (non-hydrogen) atoms. The van der Waals surface area contributed by atoms with Crippen molar-refractivity contribution >= 4 is 10.0 Å². The van der Waals surface area contributed by atoms with Crippen molar-refractivity contribution in [3.63, 3.8) is 0 Å². The molecule has 0 aliphatic rings. The summed E-state index contributed by atoms with van der Waals surface area (Å²) in [5, 5.41) is 0. The zero-order valence-corrected chi connectivity index (χ0v) is 6.84. The number of alkyl halides is 4. The van der Waals surface area contributed by atoms with Crippen molar-refractivity contribution in [2.24, 2.45) is 0 Å². The Labute approximate surface area is 66.8 Å². The molecule has 0 amide bonds. The van der Waals surface area contributed by atoms with Crippen LogP contribution in [-0.4, -0.2) is 33.6 Å². The van der Waals surface area contributed by atoms with Gasteiger partial charge in [0, 0.05) is 0 Å². The molecule has 1 N–H and O–H groups in total. The van der Waals surface area contributed by atoms with E-state index in [2.05, 4.69) is 0 Å². The Bertz CT molecular complexity index is 237. The van der Waals surface area contributed by atoms with Crippen molar-refractivity contribution < 1.29 is 26.0 Å². The minimum atomic E-state index is -4.32. The smallest absolute Gasteiger partial charge is 0.213 e. The minimum Gasteiger partial charge on any atom is -0.213 e. The van der Waals surface area contributed by atoms with Gasteiger partial charge >= 0.3 is 12.3 Å². The molecule has 0 atom stereocenters. The molecular weight excluding hydrogens is 202 g/mol. The van der Waals surface area contributed by atoms with Gasteiger partial charge in [0.15, 0.2) is 0 Å². The Balaban J connectivity index is 4.10. The Hall–Kier alpha value is -0.370. The highest BCUT2D eigenvalue weighted by Crippen LogP contribution is 2.21. The zero-order valence-electron chi connectivity index (χ0n) is 6.02. The van der Waals surface area contributed by atoms with Crippen LogP contribution in [-0.2, 0) is 10.0 Å². The van der Waals surface area contributed by atoms with E-state index in [1.54, 1.807) is 0 Å². The van der Waals surface area contributed by atoms with E-state index in [0.29, 0.717) is 6.26 Å². The van der Waals surface area contributed by atoms with Crippen molar-refractivity contribution in [3.05, 3.63) is 0 Å². The van der Waals surface area contributed by atoms with Crippen LogP contribution < -0.4 is 4.72 Å². The molecular formula is C4H7F4NO2S.